The highest BCUT2D eigenvalue weighted by Gasteiger charge is 1.96. The molecule has 0 aliphatic heterocycles. The van der Waals surface area contributed by atoms with Crippen molar-refractivity contribution in [3.63, 3.8) is 0 Å². The largest absolute Gasteiger partial charge is 0.103 e. The molecule has 0 aromatic rings. The zero-order chi connectivity index (χ0) is 7.82. The van der Waals surface area contributed by atoms with Crippen molar-refractivity contribution in [2.45, 2.75) is 32.6 Å². The van der Waals surface area contributed by atoms with Gasteiger partial charge in [-0.25, -0.2) is 0 Å². The number of unbranched alkanes of at least 4 members (excludes halogenated alkanes) is 1. The summed E-state index contributed by atoms with van der Waals surface area (Å²) in [6.45, 7) is 9.66. The summed E-state index contributed by atoms with van der Waals surface area (Å²) in [5.74, 6) is 0.803. The summed E-state index contributed by atoms with van der Waals surface area (Å²) < 4.78 is 0. The number of allylic oxidation sites excluding steroid dienone is 2. The highest BCUT2D eigenvalue weighted by Crippen LogP contribution is 2.11. The molecule has 1 atom stereocenters. The molecule has 0 aromatic carbocycles. The van der Waals surface area contributed by atoms with Gasteiger partial charge in [-0.05, 0) is 25.2 Å². The molecule has 0 nitrogen and oxygen atoms in total. The van der Waals surface area contributed by atoms with Crippen molar-refractivity contribution in [1.82, 2.24) is 0 Å². The van der Waals surface area contributed by atoms with E-state index in [4.69, 9.17) is 0 Å². The van der Waals surface area contributed by atoms with Crippen LogP contribution in [0.4, 0.5) is 0 Å². The van der Waals surface area contributed by atoms with Gasteiger partial charge in [0.1, 0.15) is 0 Å². The predicted molar refractivity (Wildman–Crippen MR) is 48.0 cm³/mol. The molecule has 0 bridgehead atoms. The van der Waals surface area contributed by atoms with E-state index in [1.807, 2.05) is 12.2 Å². The van der Waals surface area contributed by atoms with Gasteiger partial charge in [-0.2, -0.15) is 0 Å². The fraction of sp³-hybridized carbons (Fsp3) is 0.600. The van der Waals surface area contributed by atoms with Crippen LogP contribution in [0.5, 0.6) is 0 Å². The molecule has 0 heteroatoms. The maximum absolute atomic E-state index is 3.71. The molecule has 0 heterocycles. The standard InChI is InChI=1S/C10H18/c1-4-6-7-9-10(3)8-5-2/h4-5,10H,1-2,6-9H2,3H3. The average molecular weight is 138 g/mol. The Morgan fingerprint density at radius 1 is 1.30 bits per heavy atom. The van der Waals surface area contributed by atoms with Crippen molar-refractivity contribution >= 4 is 0 Å². The monoisotopic (exact) mass is 138 g/mol. The summed E-state index contributed by atoms with van der Waals surface area (Å²) in [5, 5.41) is 0. The predicted octanol–water partition coefficient (Wildman–Crippen LogP) is 3.55. The first kappa shape index (κ1) is 9.48. The van der Waals surface area contributed by atoms with Crippen LogP contribution < -0.4 is 0 Å². The Labute approximate surface area is 64.6 Å². The van der Waals surface area contributed by atoms with Crippen molar-refractivity contribution in [2.75, 3.05) is 0 Å². The minimum absolute atomic E-state index is 0.803. The Kier molecular flexibility index (Phi) is 6.25. The van der Waals surface area contributed by atoms with Gasteiger partial charge in [-0.1, -0.05) is 25.5 Å². The van der Waals surface area contributed by atoms with Crippen molar-refractivity contribution < 1.29 is 0 Å². The Balaban J connectivity index is 3.11. The Morgan fingerprint density at radius 2 is 2.00 bits per heavy atom. The third kappa shape index (κ3) is 5.61. The Morgan fingerprint density at radius 3 is 2.50 bits per heavy atom. The number of rotatable bonds is 6. The van der Waals surface area contributed by atoms with E-state index in [9.17, 15) is 0 Å². The van der Waals surface area contributed by atoms with Crippen LogP contribution in [0.1, 0.15) is 32.6 Å². The SMILES string of the molecule is C=CCCCC(C)CC=C. The molecule has 0 N–H and O–H groups in total. The van der Waals surface area contributed by atoms with Crippen molar-refractivity contribution in [3.8, 4) is 0 Å². The maximum atomic E-state index is 3.71. The second-order valence-electron chi connectivity index (χ2n) is 2.85. The summed E-state index contributed by atoms with van der Waals surface area (Å²) in [7, 11) is 0. The van der Waals surface area contributed by atoms with Crippen molar-refractivity contribution in [3.05, 3.63) is 25.3 Å². The first-order valence-corrected chi connectivity index (χ1v) is 4.03. The molecule has 1 unspecified atom stereocenters. The van der Waals surface area contributed by atoms with E-state index >= 15 is 0 Å². The molecule has 0 amide bonds. The third-order valence-corrected chi connectivity index (χ3v) is 1.67. The molecule has 0 aromatic heterocycles. The highest BCUT2D eigenvalue weighted by molar-refractivity contribution is 4.72. The van der Waals surface area contributed by atoms with Crippen LogP contribution in [0.25, 0.3) is 0 Å². The molecule has 0 radical (unpaired) electrons. The topological polar surface area (TPSA) is 0 Å². The number of hydrogen-bond acceptors (Lipinski definition) is 0. The molecular weight excluding hydrogens is 120 g/mol. The maximum Gasteiger partial charge on any atom is -0.0328 e. The van der Waals surface area contributed by atoms with Crippen LogP contribution in [-0.2, 0) is 0 Å². The zero-order valence-electron chi connectivity index (χ0n) is 6.97. The summed E-state index contributed by atoms with van der Waals surface area (Å²) in [6.07, 6.45) is 8.87. The van der Waals surface area contributed by atoms with Gasteiger partial charge in [0, 0.05) is 0 Å². The fourth-order valence-corrected chi connectivity index (χ4v) is 1.01. The number of hydrogen-bond donors (Lipinski definition) is 0. The molecule has 10 heavy (non-hydrogen) atoms. The normalized spacial score (nSPS) is 12.5. The van der Waals surface area contributed by atoms with Gasteiger partial charge in [0.25, 0.3) is 0 Å². The second kappa shape index (κ2) is 6.60. The molecule has 0 spiro atoms. The first-order valence-electron chi connectivity index (χ1n) is 4.03. The fourth-order valence-electron chi connectivity index (χ4n) is 1.01. The molecule has 0 saturated heterocycles. The van der Waals surface area contributed by atoms with E-state index in [0.717, 1.165) is 18.8 Å². The summed E-state index contributed by atoms with van der Waals surface area (Å²) >= 11 is 0. The average Bonchev–Trinajstić information content (AvgIpc) is 1.89. The summed E-state index contributed by atoms with van der Waals surface area (Å²) in [4.78, 5) is 0. The molecule has 0 aliphatic rings. The Bertz CT molecular complexity index is 92.2. The van der Waals surface area contributed by atoms with Crippen LogP contribution >= 0.6 is 0 Å². The van der Waals surface area contributed by atoms with Gasteiger partial charge in [-0.15, -0.1) is 13.2 Å². The molecule has 0 rings (SSSR count). The zero-order valence-corrected chi connectivity index (χ0v) is 6.97. The van der Waals surface area contributed by atoms with Crippen LogP contribution in [0.15, 0.2) is 25.3 Å². The summed E-state index contributed by atoms with van der Waals surface area (Å²) in [6, 6.07) is 0. The van der Waals surface area contributed by atoms with E-state index in [0.29, 0.717) is 0 Å². The summed E-state index contributed by atoms with van der Waals surface area (Å²) in [5.41, 5.74) is 0. The van der Waals surface area contributed by atoms with Crippen molar-refractivity contribution in [2.24, 2.45) is 5.92 Å². The third-order valence-electron chi connectivity index (χ3n) is 1.67. The van der Waals surface area contributed by atoms with Crippen molar-refractivity contribution in [1.29, 1.82) is 0 Å². The van der Waals surface area contributed by atoms with E-state index in [1.165, 1.54) is 12.8 Å². The van der Waals surface area contributed by atoms with Gasteiger partial charge in [0.05, 0.1) is 0 Å². The van der Waals surface area contributed by atoms with Crippen LogP contribution in [0.3, 0.4) is 0 Å². The van der Waals surface area contributed by atoms with Gasteiger partial charge in [-0.3, -0.25) is 0 Å². The minimum Gasteiger partial charge on any atom is -0.103 e. The Hall–Kier alpha value is -0.520. The molecule has 58 valence electrons. The van der Waals surface area contributed by atoms with E-state index in [1.54, 1.807) is 0 Å². The molecule has 0 saturated carbocycles. The van der Waals surface area contributed by atoms with Gasteiger partial charge in [0.15, 0.2) is 0 Å². The lowest BCUT2D eigenvalue weighted by molar-refractivity contribution is 0.520. The second-order valence-corrected chi connectivity index (χ2v) is 2.85. The van der Waals surface area contributed by atoms with Crippen LogP contribution in [-0.4, -0.2) is 0 Å². The van der Waals surface area contributed by atoms with E-state index in [2.05, 4.69) is 20.1 Å². The van der Waals surface area contributed by atoms with E-state index < -0.39 is 0 Å². The van der Waals surface area contributed by atoms with E-state index in [-0.39, 0.29) is 0 Å². The lowest BCUT2D eigenvalue weighted by Gasteiger charge is -2.05. The smallest absolute Gasteiger partial charge is 0.0328 e. The van der Waals surface area contributed by atoms with Crippen LogP contribution in [0.2, 0.25) is 0 Å². The highest BCUT2D eigenvalue weighted by atomic mass is 14.0. The lowest BCUT2D eigenvalue weighted by atomic mass is 10.0. The molecule has 0 aliphatic carbocycles. The minimum atomic E-state index is 0.803. The lowest BCUT2D eigenvalue weighted by Crippen LogP contribution is -1.91. The van der Waals surface area contributed by atoms with Gasteiger partial charge >= 0.3 is 0 Å². The van der Waals surface area contributed by atoms with Gasteiger partial charge < -0.3 is 0 Å². The van der Waals surface area contributed by atoms with Crippen LogP contribution in [0, 0.1) is 5.92 Å². The first-order chi connectivity index (χ1) is 4.81. The quantitative estimate of drug-likeness (QED) is 0.389. The molecule has 0 fully saturated rings. The molecular formula is C10H18. The van der Waals surface area contributed by atoms with Gasteiger partial charge in [0.2, 0.25) is 0 Å².